The van der Waals surface area contributed by atoms with Crippen LogP contribution in [0.4, 0.5) is 0 Å². The lowest BCUT2D eigenvalue weighted by Crippen LogP contribution is -2.52. The first-order valence-electron chi connectivity index (χ1n) is 6.84. The lowest BCUT2D eigenvalue weighted by Gasteiger charge is -2.38. The van der Waals surface area contributed by atoms with E-state index in [1.807, 2.05) is 4.90 Å². The Labute approximate surface area is 105 Å². The fourth-order valence-corrected chi connectivity index (χ4v) is 2.53. The van der Waals surface area contributed by atoms with Crippen molar-refractivity contribution in [1.82, 2.24) is 9.80 Å². The molecule has 2 atom stereocenters. The Morgan fingerprint density at radius 3 is 2.59 bits per heavy atom. The Hall–Kier alpha value is -0.610. The topological polar surface area (TPSA) is 49.6 Å². The number of carbonyl (C=O) groups is 1. The molecule has 17 heavy (non-hydrogen) atoms. The van der Waals surface area contributed by atoms with E-state index < -0.39 is 0 Å². The predicted molar refractivity (Wildman–Crippen MR) is 70.7 cm³/mol. The van der Waals surface area contributed by atoms with Crippen LogP contribution in [0.5, 0.6) is 0 Å². The van der Waals surface area contributed by atoms with E-state index in [0.717, 1.165) is 32.5 Å². The Kier molecular flexibility index (Phi) is 5.92. The van der Waals surface area contributed by atoms with Crippen molar-refractivity contribution in [3.05, 3.63) is 0 Å². The van der Waals surface area contributed by atoms with E-state index in [4.69, 9.17) is 5.73 Å². The van der Waals surface area contributed by atoms with Gasteiger partial charge in [0.25, 0.3) is 0 Å². The van der Waals surface area contributed by atoms with Crippen LogP contribution in [0, 0.1) is 5.92 Å². The van der Waals surface area contributed by atoms with Gasteiger partial charge in [0.2, 0.25) is 5.91 Å². The van der Waals surface area contributed by atoms with E-state index in [2.05, 4.69) is 25.7 Å². The molecule has 2 N–H and O–H groups in total. The summed E-state index contributed by atoms with van der Waals surface area (Å²) in [5, 5.41) is 0. The first kappa shape index (κ1) is 14.5. The van der Waals surface area contributed by atoms with Crippen LogP contribution in [0.1, 0.15) is 33.6 Å². The van der Waals surface area contributed by atoms with Crippen LogP contribution >= 0.6 is 0 Å². The summed E-state index contributed by atoms with van der Waals surface area (Å²) in [6, 6.07) is 0.252. The number of hydrogen-bond acceptors (Lipinski definition) is 3. The maximum Gasteiger partial charge on any atom is 0.237 e. The molecule has 0 radical (unpaired) electrons. The lowest BCUT2D eigenvalue weighted by atomic mass is 9.92. The first-order chi connectivity index (χ1) is 8.12. The third-order valence-electron chi connectivity index (χ3n) is 3.82. The van der Waals surface area contributed by atoms with Gasteiger partial charge in [0.1, 0.15) is 0 Å². The van der Waals surface area contributed by atoms with Crippen molar-refractivity contribution in [3.63, 3.8) is 0 Å². The van der Waals surface area contributed by atoms with Crippen molar-refractivity contribution in [3.8, 4) is 0 Å². The van der Waals surface area contributed by atoms with E-state index in [1.54, 1.807) is 0 Å². The second-order valence-electron chi connectivity index (χ2n) is 5.07. The van der Waals surface area contributed by atoms with Gasteiger partial charge in [0.05, 0.1) is 6.54 Å². The van der Waals surface area contributed by atoms with Gasteiger partial charge in [0.15, 0.2) is 0 Å². The fourth-order valence-electron chi connectivity index (χ4n) is 2.53. The SMILES string of the molecule is CCN(CC)CC(=O)N1CCC(C)CC1CN. The quantitative estimate of drug-likeness (QED) is 0.778. The van der Waals surface area contributed by atoms with E-state index in [1.165, 1.54) is 0 Å². The lowest BCUT2D eigenvalue weighted by molar-refractivity contribution is -0.136. The van der Waals surface area contributed by atoms with Crippen molar-refractivity contribution in [2.75, 3.05) is 32.7 Å². The Bertz CT molecular complexity index is 241. The largest absolute Gasteiger partial charge is 0.337 e. The Morgan fingerprint density at radius 2 is 2.06 bits per heavy atom. The summed E-state index contributed by atoms with van der Waals surface area (Å²) < 4.78 is 0. The summed E-state index contributed by atoms with van der Waals surface area (Å²) in [6.45, 7) is 10.3. The number of hydrogen-bond donors (Lipinski definition) is 1. The second kappa shape index (κ2) is 6.97. The summed E-state index contributed by atoms with van der Waals surface area (Å²) in [4.78, 5) is 16.4. The molecular weight excluding hydrogens is 214 g/mol. The highest BCUT2D eigenvalue weighted by Gasteiger charge is 2.29. The monoisotopic (exact) mass is 241 g/mol. The number of likely N-dealkylation sites (N-methyl/N-ethyl adjacent to an activating group) is 1. The molecule has 0 aromatic carbocycles. The van der Waals surface area contributed by atoms with Crippen molar-refractivity contribution >= 4 is 5.91 Å². The zero-order chi connectivity index (χ0) is 12.8. The summed E-state index contributed by atoms with van der Waals surface area (Å²) in [7, 11) is 0. The molecule has 4 heteroatoms. The summed E-state index contributed by atoms with van der Waals surface area (Å²) in [5.74, 6) is 0.942. The standard InChI is InChI=1S/C13H27N3O/c1-4-15(5-2)10-13(17)16-7-6-11(3)8-12(16)9-14/h11-12H,4-10,14H2,1-3H3. The maximum atomic E-state index is 12.2. The van der Waals surface area contributed by atoms with E-state index in [0.29, 0.717) is 19.0 Å². The van der Waals surface area contributed by atoms with Gasteiger partial charge in [-0.1, -0.05) is 20.8 Å². The highest BCUT2D eigenvalue weighted by Crippen LogP contribution is 2.22. The average molecular weight is 241 g/mol. The molecule has 1 aliphatic rings. The molecule has 1 rings (SSSR count). The molecule has 0 aromatic rings. The number of piperidine rings is 1. The minimum Gasteiger partial charge on any atom is -0.337 e. The molecule has 1 heterocycles. The molecule has 2 unspecified atom stereocenters. The summed E-state index contributed by atoms with van der Waals surface area (Å²) in [5.41, 5.74) is 5.78. The number of rotatable bonds is 5. The summed E-state index contributed by atoms with van der Waals surface area (Å²) in [6.07, 6.45) is 2.17. The number of nitrogens with zero attached hydrogens (tertiary/aromatic N) is 2. The Balaban J connectivity index is 2.54. The zero-order valence-electron chi connectivity index (χ0n) is 11.5. The highest BCUT2D eigenvalue weighted by atomic mass is 16.2. The van der Waals surface area contributed by atoms with Gasteiger partial charge in [-0.25, -0.2) is 0 Å². The maximum absolute atomic E-state index is 12.2. The second-order valence-corrected chi connectivity index (χ2v) is 5.07. The fraction of sp³-hybridized carbons (Fsp3) is 0.923. The minimum absolute atomic E-state index is 0.246. The zero-order valence-corrected chi connectivity index (χ0v) is 11.5. The number of likely N-dealkylation sites (tertiary alicyclic amines) is 1. The van der Waals surface area contributed by atoms with E-state index in [-0.39, 0.29) is 11.9 Å². The molecule has 4 nitrogen and oxygen atoms in total. The third kappa shape index (κ3) is 3.96. The van der Waals surface area contributed by atoms with Crippen LogP contribution < -0.4 is 5.73 Å². The number of carbonyl (C=O) groups excluding carboxylic acids is 1. The predicted octanol–water partition coefficient (Wildman–Crippen LogP) is 0.914. The van der Waals surface area contributed by atoms with Gasteiger partial charge in [-0.05, 0) is 31.8 Å². The van der Waals surface area contributed by atoms with E-state index in [9.17, 15) is 4.79 Å². The van der Waals surface area contributed by atoms with Crippen molar-refractivity contribution in [2.45, 2.75) is 39.7 Å². The van der Waals surface area contributed by atoms with E-state index >= 15 is 0 Å². The van der Waals surface area contributed by atoms with Gasteiger partial charge < -0.3 is 10.6 Å². The molecule has 0 bridgehead atoms. The van der Waals surface area contributed by atoms with Crippen molar-refractivity contribution < 1.29 is 4.79 Å². The highest BCUT2D eigenvalue weighted by molar-refractivity contribution is 5.78. The molecule has 0 aliphatic carbocycles. The molecule has 1 amide bonds. The Morgan fingerprint density at radius 1 is 1.41 bits per heavy atom. The van der Waals surface area contributed by atoms with Crippen molar-refractivity contribution in [2.24, 2.45) is 11.7 Å². The van der Waals surface area contributed by atoms with Crippen LogP contribution in [0.2, 0.25) is 0 Å². The average Bonchev–Trinajstić information content (AvgIpc) is 2.35. The number of amides is 1. The molecule has 0 saturated carbocycles. The minimum atomic E-state index is 0.246. The van der Waals surface area contributed by atoms with Crippen LogP contribution in [-0.2, 0) is 4.79 Å². The summed E-state index contributed by atoms with van der Waals surface area (Å²) >= 11 is 0. The smallest absolute Gasteiger partial charge is 0.237 e. The van der Waals surface area contributed by atoms with Crippen molar-refractivity contribution in [1.29, 1.82) is 0 Å². The van der Waals surface area contributed by atoms with Gasteiger partial charge in [-0.15, -0.1) is 0 Å². The first-order valence-corrected chi connectivity index (χ1v) is 6.84. The van der Waals surface area contributed by atoms with Gasteiger partial charge >= 0.3 is 0 Å². The van der Waals surface area contributed by atoms with Gasteiger partial charge in [-0.3, -0.25) is 9.69 Å². The molecule has 1 fully saturated rings. The van der Waals surface area contributed by atoms with Gasteiger partial charge in [0, 0.05) is 19.1 Å². The third-order valence-corrected chi connectivity index (χ3v) is 3.82. The molecular formula is C13H27N3O. The van der Waals surface area contributed by atoms with Gasteiger partial charge in [-0.2, -0.15) is 0 Å². The van der Waals surface area contributed by atoms with Crippen LogP contribution in [0.3, 0.4) is 0 Å². The van der Waals surface area contributed by atoms with Crippen LogP contribution in [-0.4, -0.2) is 54.5 Å². The van der Waals surface area contributed by atoms with Crippen LogP contribution in [0.25, 0.3) is 0 Å². The molecule has 100 valence electrons. The molecule has 0 aromatic heterocycles. The normalized spacial score (nSPS) is 25.4. The molecule has 0 spiro atoms. The molecule has 1 saturated heterocycles. The molecule has 1 aliphatic heterocycles. The van der Waals surface area contributed by atoms with Crippen LogP contribution in [0.15, 0.2) is 0 Å². The number of nitrogens with two attached hydrogens (primary N) is 1.